The van der Waals surface area contributed by atoms with Crippen LogP contribution in [0.15, 0.2) is 10.3 Å². The highest BCUT2D eigenvalue weighted by atomic mass is 32.2. The van der Waals surface area contributed by atoms with Crippen molar-refractivity contribution in [1.29, 1.82) is 0 Å². The smallest absolute Gasteiger partial charge is 0.250 e. The van der Waals surface area contributed by atoms with E-state index in [9.17, 15) is 8.42 Å². The van der Waals surface area contributed by atoms with Crippen LogP contribution >= 0.6 is 11.3 Å². The second-order valence-corrected chi connectivity index (χ2v) is 8.75. The highest BCUT2D eigenvalue weighted by Crippen LogP contribution is 2.26. The Balaban J connectivity index is 2.73. The van der Waals surface area contributed by atoms with E-state index in [2.05, 4.69) is 23.9 Å². The summed E-state index contributed by atoms with van der Waals surface area (Å²) in [4.78, 5) is 1.06. The predicted molar refractivity (Wildman–Crippen MR) is 87.3 cm³/mol. The van der Waals surface area contributed by atoms with Crippen molar-refractivity contribution in [1.82, 2.24) is 10.0 Å². The first-order valence-corrected chi connectivity index (χ1v) is 9.37. The number of thiophene rings is 1. The number of hydrogen-bond donors (Lipinski definition) is 2. The second-order valence-electron chi connectivity index (χ2n) is 5.62. The zero-order valence-corrected chi connectivity index (χ0v) is 15.0. The molecule has 122 valence electrons. The van der Waals surface area contributed by atoms with Crippen molar-refractivity contribution in [3.05, 3.63) is 16.5 Å². The first-order valence-electron chi connectivity index (χ1n) is 7.07. The van der Waals surface area contributed by atoms with Crippen molar-refractivity contribution in [3.63, 3.8) is 0 Å². The maximum atomic E-state index is 12.3. The average Bonchev–Trinajstić information content (AvgIpc) is 2.77. The van der Waals surface area contributed by atoms with Crippen LogP contribution in [0.1, 0.15) is 31.2 Å². The summed E-state index contributed by atoms with van der Waals surface area (Å²) < 4.78 is 32.6. The molecule has 0 saturated heterocycles. The molecule has 0 aliphatic rings. The van der Waals surface area contributed by atoms with Gasteiger partial charge in [-0.3, -0.25) is 0 Å². The van der Waals surface area contributed by atoms with E-state index < -0.39 is 10.0 Å². The van der Waals surface area contributed by atoms with Crippen molar-refractivity contribution in [3.8, 4) is 0 Å². The Kier molecular flexibility index (Phi) is 7.29. The number of ether oxygens (including phenoxy) is 1. The maximum absolute atomic E-state index is 12.3. The van der Waals surface area contributed by atoms with Crippen molar-refractivity contribution in [2.75, 3.05) is 20.3 Å². The fourth-order valence-electron chi connectivity index (χ4n) is 1.76. The molecule has 1 aromatic rings. The maximum Gasteiger partial charge on any atom is 0.250 e. The molecule has 0 bridgehead atoms. The third-order valence-electron chi connectivity index (χ3n) is 3.01. The van der Waals surface area contributed by atoms with Crippen molar-refractivity contribution in [2.45, 2.75) is 44.5 Å². The van der Waals surface area contributed by atoms with Gasteiger partial charge in [0.05, 0.1) is 0 Å². The van der Waals surface area contributed by atoms with E-state index in [1.165, 1.54) is 11.3 Å². The number of aryl methyl sites for hydroxylation is 1. The molecule has 0 radical (unpaired) electrons. The van der Waals surface area contributed by atoms with E-state index in [0.29, 0.717) is 29.9 Å². The van der Waals surface area contributed by atoms with Gasteiger partial charge in [-0.05, 0) is 24.5 Å². The number of sulfonamides is 1. The van der Waals surface area contributed by atoms with Crippen LogP contribution < -0.4 is 10.0 Å². The molecule has 1 rings (SSSR count). The minimum absolute atomic E-state index is 0.146. The number of hydrogen-bond acceptors (Lipinski definition) is 5. The molecule has 0 aromatic carbocycles. The van der Waals surface area contributed by atoms with Gasteiger partial charge in [-0.15, -0.1) is 11.3 Å². The average molecular weight is 335 g/mol. The SMILES string of the molecule is COCC(C)CNS(=O)(=O)c1cc(C)c(CNC(C)C)s1. The van der Waals surface area contributed by atoms with Crippen LogP contribution in [0.25, 0.3) is 0 Å². The molecule has 1 aromatic heterocycles. The lowest BCUT2D eigenvalue weighted by atomic mass is 10.2. The minimum atomic E-state index is -3.43. The Morgan fingerprint density at radius 1 is 1.33 bits per heavy atom. The van der Waals surface area contributed by atoms with Gasteiger partial charge in [-0.2, -0.15) is 0 Å². The fourth-order valence-corrected chi connectivity index (χ4v) is 4.51. The lowest BCUT2D eigenvalue weighted by Gasteiger charge is -2.11. The van der Waals surface area contributed by atoms with Gasteiger partial charge in [-0.1, -0.05) is 20.8 Å². The molecule has 21 heavy (non-hydrogen) atoms. The third kappa shape index (κ3) is 6.04. The van der Waals surface area contributed by atoms with Crippen LogP contribution in [-0.4, -0.2) is 34.7 Å². The molecule has 5 nitrogen and oxygen atoms in total. The zero-order valence-electron chi connectivity index (χ0n) is 13.4. The normalized spacial score (nSPS) is 13.8. The van der Waals surface area contributed by atoms with Gasteiger partial charge < -0.3 is 10.1 Å². The topological polar surface area (TPSA) is 67.4 Å². The number of methoxy groups -OCH3 is 1. The summed E-state index contributed by atoms with van der Waals surface area (Å²) in [6.07, 6.45) is 0. The number of nitrogens with one attached hydrogen (secondary N) is 2. The summed E-state index contributed by atoms with van der Waals surface area (Å²) in [5, 5.41) is 3.31. The van der Waals surface area contributed by atoms with Crippen molar-refractivity contribution >= 4 is 21.4 Å². The van der Waals surface area contributed by atoms with Crippen molar-refractivity contribution in [2.24, 2.45) is 5.92 Å². The summed E-state index contributed by atoms with van der Waals surface area (Å²) in [5.74, 6) is 0.146. The Morgan fingerprint density at radius 3 is 2.57 bits per heavy atom. The molecule has 0 saturated carbocycles. The molecule has 0 aliphatic heterocycles. The standard InChI is InChI=1S/C14H26N2O3S2/c1-10(2)15-8-13-12(4)6-14(20-13)21(17,18)16-7-11(3)9-19-5/h6,10-11,15-16H,7-9H2,1-5H3. The molecule has 7 heteroatoms. The minimum Gasteiger partial charge on any atom is -0.384 e. The van der Waals surface area contributed by atoms with Crippen LogP contribution in [0, 0.1) is 12.8 Å². The van der Waals surface area contributed by atoms with Crippen LogP contribution in [0.4, 0.5) is 0 Å². The quantitative estimate of drug-likeness (QED) is 0.726. The lowest BCUT2D eigenvalue weighted by Crippen LogP contribution is -2.29. The van der Waals surface area contributed by atoms with Gasteiger partial charge in [0.2, 0.25) is 10.0 Å². The molecule has 1 heterocycles. The summed E-state index contributed by atoms with van der Waals surface area (Å²) in [6.45, 7) is 9.65. The Morgan fingerprint density at radius 2 is 2.00 bits per heavy atom. The summed E-state index contributed by atoms with van der Waals surface area (Å²) in [6, 6.07) is 2.12. The number of rotatable bonds is 9. The Hall–Kier alpha value is -0.470. The van der Waals surface area contributed by atoms with Crippen molar-refractivity contribution < 1.29 is 13.2 Å². The monoisotopic (exact) mass is 334 g/mol. The van der Waals surface area contributed by atoms with E-state index in [4.69, 9.17) is 4.74 Å². The summed E-state index contributed by atoms with van der Waals surface area (Å²) >= 11 is 1.33. The van der Waals surface area contributed by atoms with Gasteiger partial charge in [0, 0.05) is 37.7 Å². The second kappa shape index (κ2) is 8.24. The molecule has 1 unspecified atom stereocenters. The van der Waals surface area contributed by atoms with Crippen LogP contribution in [0.3, 0.4) is 0 Å². The molecule has 1 atom stereocenters. The Labute approximate surface area is 132 Å². The first kappa shape index (κ1) is 18.6. The van der Waals surface area contributed by atoms with Gasteiger partial charge in [-0.25, -0.2) is 13.1 Å². The highest BCUT2D eigenvalue weighted by molar-refractivity contribution is 7.91. The third-order valence-corrected chi connectivity index (χ3v) is 6.14. The van der Waals surface area contributed by atoms with Gasteiger partial charge in [0.15, 0.2) is 0 Å². The van der Waals surface area contributed by atoms with Crippen LogP contribution in [-0.2, 0) is 21.3 Å². The summed E-state index contributed by atoms with van der Waals surface area (Å²) in [7, 11) is -1.82. The lowest BCUT2D eigenvalue weighted by molar-refractivity contribution is 0.161. The molecule has 0 amide bonds. The van der Waals surface area contributed by atoms with E-state index in [0.717, 1.165) is 10.4 Å². The predicted octanol–water partition coefficient (Wildman–Crippen LogP) is 2.12. The van der Waals surface area contributed by atoms with Gasteiger partial charge >= 0.3 is 0 Å². The molecular formula is C14H26N2O3S2. The molecule has 0 aliphatic carbocycles. The first-order chi connectivity index (χ1) is 9.76. The largest absolute Gasteiger partial charge is 0.384 e. The fraction of sp³-hybridized carbons (Fsp3) is 0.714. The highest BCUT2D eigenvalue weighted by Gasteiger charge is 2.19. The zero-order chi connectivity index (χ0) is 16.0. The van der Waals surface area contributed by atoms with E-state index in [1.54, 1.807) is 13.2 Å². The van der Waals surface area contributed by atoms with E-state index >= 15 is 0 Å². The molecular weight excluding hydrogens is 308 g/mol. The van der Waals surface area contributed by atoms with Crippen LogP contribution in [0.5, 0.6) is 0 Å². The Bertz CT molecular complexity index is 538. The van der Waals surface area contributed by atoms with Gasteiger partial charge in [0.25, 0.3) is 0 Å². The molecule has 0 fully saturated rings. The molecule has 2 N–H and O–H groups in total. The molecule has 0 spiro atoms. The van der Waals surface area contributed by atoms with Gasteiger partial charge in [0.1, 0.15) is 4.21 Å². The summed E-state index contributed by atoms with van der Waals surface area (Å²) in [5.41, 5.74) is 1.01. The van der Waals surface area contributed by atoms with E-state index in [1.807, 2.05) is 13.8 Å². The van der Waals surface area contributed by atoms with Crippen LogP contribution in [0.2, 0.25) is 0 Å². The van der Waals surface area contributed by atoms with E-state index in [-0.39, 0.29) is 5.92 Å².